The molecule has 1 aliphatic heterocycles. The minimum atomic E-state index is -1.61. The number of carbonyl (C=O) groups is 2. The third-order valence-corrected chi connectivity index (χ3v) is 6.25. The van der Waals surface area contributed by atoms with Crippen LogP contribution in [0.15, 0.2) is 72.6 Å². The maximum Gasteiger partial charge on any atom is 0.373 e. The molecule has 0 fully saturated rings. The molecule has 2 aromatic carbocycles. The summed E-state index contributed by atoms with van der Waals surface area (Å²) < 4.78 is 12.1. The zero-order valence-electron chi connectivity index (χ0n) is 21.7. The molecule has 2 heterocycles. The number of esters is 1. The predicted molar refractivity (Wildman–Crippen MR) is 141 cm³/mol. The number of nitrogens with zero attached hydrogens (tertiary/aromatic N) is 3. The van der Waals surface area contributed by atoms with Crippen molar-refractivity contribution in [3.63, 3.8) is 0 Å². The van der Waals surface area contributed by atoms with Gasteiger partial charge in [-0.15, -0.1) is 5.10 Å². The van der Waals surface area contributed by atoms with Crippen LogP contribution in [-0.4, -0.2) is 79.3 Å². The summed E-state index contributed by atoms with van der Waals surface area (Å²) >= 11 is 0. The number of hydrogen-bond acceptors (Lipinski definition) is 9. The van der Waals surface area contributed by atoms with Crippen LogP contribution in [0.5, 0.6) is 0 Å². The van der Waals surface area contributed by atoms with Crippen LogP contribution < -0.4 is 5.32 Å². The summed E-state index contributed by atoms with van der Waals surface area (Å²) in [5.41, 5.74) is 3.54. The Balaban J connectivity index is 1.45. The number of nitrogens with one attached hydrogen (secondary N) is 1. The van der Waals surface area contributed by atoms with E-state index >= 15 is 0 Å². The molecule has 11 heteroatoms. The number of amides is 1. The third kappa shape index (κ3) is 6.88. The van der Waals surface area contributed by atoms with Crippen molar-refractivity contribution in [3.8, 4) is 22.4 Å². The van der Waals surface area contributed by atoms with Crippen molar-refractivity contribution >= 4 is 11.9 Å². The second kappa shape index (κ2) is 12.7. The van der Waals surface area contributed by atoms with Crippen LogP contribution in [0.4, 0.5) is 0 Å². The topological polar surface area (TPSA) is 156 Å². The molecule has 0 unspecified atom stereocenters. The van der Waals surface area contributed by atoms with Crippen molar-refractivity contribution in [2.24, 2.45) is 0 Å². The average Bonchev–Trinajstić information content (AvgIpc) is 3.41. The van der Waals surface area contributed by atoms with Crippen molar-refractivity contribution in [2.45, 2.75) is 57.3 Å². The highest BCUT2D eigenvalue weighted by molar-refractivity contribution is 5.86. The van der Waals surface area contributed by atoms with Crippen molar-refractivity contribution in [3.05, 3.63) is 72.6 Å². The number of hydrogen-bond donors (Lipinski definition) is 4. The Hall–Kier alpha value is -4.06. The molecule has 0 saturated heterocycles. The molecule has 0 aliphatic carbocycles. The molecular weight excluding hydrogens is 504 g/mol. The highest BCUT2D eigenvalue weighted by atomic mass is 16.6. The Morgan fingerprint density at radius 3 is 2.41 bits per heavy atom. The smallest absolute Gasteiger partial charge is 0.373 e. The first kappa shape index (κ1) is 28.0. The Bertz CT molecular complexity index is 1290. The molecule has 3 aromatic rings. The van der Waals surface area contributed by atoms with Gasteiger partial charge in [-0.05, 0) is 23.6 Å². The average molecular weight is 537 g/mol. The lowest BCUT2D eigenvalue weighted by atomic mass is 9.93. The molecular formula is C28H32N4O7. The number of carbonyl (C=O) groups excluding carboxylic acids is 2. The van der Waals surface area contributed by atoms with Gasteiger partial charge in [0.1, 0.15) is 24.0 Å². The zero-order chi connectivity index (χ0) is 27.9. The fourth-order valence-corrected chi connectivity index (χ4v) is 4.28. The molecule has 1 aliphatic rings. The van der Waals surface area contributed by atoms with Gasteiger partial charge in [0.2, 0.25) is 11.7 Å². The number of rotatable bonds is 10. The summed E-state index contributed by atoms with van der Waals surface area (Å²) in [6.45, 7) is 3.04. The summed E-state index contributed by atoms with van der Waals surface area (Å²) in [5.74, 6) is -1.61. The molecule has 11 nitrogen and oxygen atoms in total. The number of aliphatic hydroxyl groups excluding tert-OH is 3. The first-order valence-corrected chi connectivity index (χ1v) is 12.7. The lowest BCUT2D eigenvalue weighted by molar-refractivity contribution is -0.153. The van der Waals surface area contributed by atoms with Gasteiger partial charge in [-0.25, -0.2) is 9.48 Å². The Morgan fingerprint density at radius 2 is 1.74 bits per heavy atom. The van der Waals surface area contributed by atoms with E-state index in [-0.39, 0.29) is 18.9 Å². The van der Waals surface area contributed by atoms with Crippen LogP contribution in [-0.2, 0) is 25.6 Å². The minimum Gasteiger partial charge on any atom is -0.478 e. The second-order valence-electron chi connectivity index (χ2n) is 9.29. The summed E-state index contributed by atoms with van der Waals surface area (Å²) in [6, 6.07) is 16.6. The molecule has 4 rings (SSSR count). The monoisotopic (exact) mass is 536 g/mol. The number of aromatic nitrogens is 3. The van der Waals surface area contributed by atoms with Crippen molar-refractivity contribution in [2.75, 3.05) is 6.61 Å². The predicted octanol–water partition coefficient (Wildman–Crippen LogP) is 1.44. The molecule has 5 atom stereocenters. The fourth-order valence-electron chi connectivity index (χ4n) is 4.28. The van der Waals surface area contributed by atoms with Gasteiger partial charge < -0.3 is 30.1 Å². The Labute approximate surface area is 225 Å². The molecule has 206 valence electrons. The minimum absolute atomic E-state index is 0.143. The van der Waals surface area contributed by atoms with E-state index in [4.69, 9.17) is 9.47 Å². The first-order chi connectivity index (χ1) is 18.8. The van der Waals surface area contributed by atoms with E-state index in [0.717, 1.165) is 22.8 Å². The molecule has 39 heavy (non-hydrogen) atoms. The van der Waals surface area contributed by atoms with E-state index in [1.807, 2.05) is 61.5 Å². The normalized spacial score (nSPS) is 20.3. The molecule has 1 aromatic heterocycles. The lowest BCUT2D eigenvalue weighted by Crippen LogP contribution is -2.59. The zero-order valence-corrected chi connectivity index (χ0v) is 21.7. The molecule has 4 N–H and O–H groups in total. The molecule has 0 saturated carbocycles. The second-order valence-corrected chi connectivity index (χ2v) is 9.29. The van der Waals surface area contributed by atoms with Crippen LogP contribution in [0, 0.1) is 0 Å². The largest absolute Gasteiger partial charge is 0.478 e. The van der Waals surface area contributed by atoms with Gasteiger partial charge in [-0.2, -0.15) is 0 Å². The fraction of sp³-hybridized carbons (Fsp3) is 0.357. The number of benzene rings is 2. The van der Waals surface area contributed by atoms with E-state index in [1.165, 1.54) is 11.6 Å². The van der Waals surface area contributed by atoms with Crippen molar-refractivity contribution < 1.29 is 34.4 Å². The van der Waals surface area contributed by atoms with Gasteiger partial charge in [0.15, 0.2) is 6.10 Å². The van der Waals surface area contributed by atoms with Crippen molar-refractivity contribution in [1.82, 2.24) is 20.3 Å². The van der Waals surface area contributed by atoms with Crippen molar-refractivity contribution in [1.29, 1.82) is 0 Å². The van der Waals surface area contributed by atoms with Gasteiger partial charge in [0.25, 0.3) is 0 Å². The maximum absolute atomic E-state index is 12.3. The van der Waals surface area contributed by atoms with E-state index < -0.39 is 42.3 Å². The Kier molecular flexibility index (Phi) is 9.07. The summed E-state index contributed by atoms with van der Waals surface area (Å²) in [5, 5.41) is 43.1. The summed E-state index contributed by atoms with van der Waals surface area (Å²) in [6.07, 6.45) is -2.45. The van der Waals surface area contributed by atoms with E-state index in [9.17, 15) is 24.9 Å². The van der Waals surface area contributed by atoms with Crippen LogP contribution >= 0.6 is 0 Å². The maximum atomic E-state index is 12.3. The van der Waals surface area contributed by atoms with Crippen LogP contribution in [0.2, 0.25) is 0 Å². The standard InChI is InChI=1S/C28H32N4O7/c1-3-13-38-28(37)24-14-22(34)25(29-17(2)33)27(39-24)26(36)23(35)16-32-15-21(30-31-32)20-11-9-19(10-12-20)18-7-5-4-6-8-18/h4-12,14-15,22-23,25-27,34-36H,3,13,16H2,1-2H3,(H,29,33)/t22-,23+,25+,26+,27+/m0/s1. The van der Waals surface area contributed by atoms with E-state index in [1.54, 1.807) is 6.20 Å². The van der Waals surface area contributed by atoms with Crippen LogP contribution in [0.25, 0.3) is 22.4 Å². The van der Waals surface area contributed by atoms with Gasteiger partial charge >= 0.3 is 5.97 Å². The number of ether oxygens (including phenoxy) is 2. The molecule has 0 radical (unpaired) electrons. The third-order valence-electron chi connectivity index (χ3n) is 6.25. The quantitative estimate of drug-likeness (QED) is 0.282. The van der Waals surface area contributed by atoms with Crippen LogP contribution in [0.3, 0.4) is 0 Å². The summed E-state index contributed by atoms with van der Waals surface area (Å²) in [4.78, 5) is 24.0. The van der Waals surface area contributed by atoms with Gasteiger partial charge in [0, 0.05) is 12.5 Å². The van der Waals surface area contributed by atoms with E-state index in [0.29, 0.717) is 12.1 Å². The molecule has 1 amide bonds. The highest BCUT2D eigenvalue weighted by Crippen LogP contribution is 2.25. The molecule has 0 bridgehead atoms. The van der Waals surface area contributed by atoms with Gasteiger partial charge in [-0.1, -0.05) is 66.7 Å². The SMILES string of the molecule is CCCOC(=O)C1=C[C@H](O)[C@@H](NC(C)=O)[C@H]([C@H](O)[C@H](O)Cn2cc(-c3ccc(-c4ccccc4)cc3)nn2)O1. The molecule has 0 spiro atoms. The van der Waals surface area contributed by atoms with Gasteiger partial charge in [0.05, 0.1) is 25.4 Å². The van der Waals surface area contributed by atoms with E-state index in [2.05, 4.69) is 15.6 Å². The van der Waals surface area contributed by atoms with Gasteiger partial charge in [-0.3, -0.25) is 4.79 Å². The number of aliphatic hydroxyl groups is 3. The Morgan fingerprint density at radius 1 is 1.08 bits per heavy atom. The van der Waals surface area contributed by atoms with Crippen LogP contribution in [0.1, 0.15) is 20.3 Å². The highest BCUT2D eigenvalue weighted by Gasteiger charge is 2.43. The lowest BCUT2D eigenvalue weighted by Gasteiger charge is -2.38. The summed E-state index contributed by atoms with van der Waals surface area (Å²) in [7, 11) is 0. The first-order valence-electron chi connectivity index (χ1n) is 12.7.